The lowest BCUT2D eigenvalue weighted by atomic mass is 9.88. The number of aliphatic hydroxyl groups excluding tert-OH is 4. The van der Waals surface area contributed by atoms with Crippen LogP contribution in [0, 0.1) is 0 Å². The van der Waals surface area contributed by atoms with Crippen molar-refractivity contribution in [2.75, 3.05) is 6.61 Å². The van der Waals surface area contributed by atoms with Crippen LogP contribution in [0.5, 0.6) is 0 Å². The maximum Gasteiger partial charge on any atom is 0.364 e. The second-order valence-electron chi connectivity index (χ2n) is 5.13. The number of carboxylic acids is 1. The molecule has 0 spiro atoms. The lowest BCUT2D eigenvalue weighted by Crippen LogP contribution is -2.67. The van der Waals surface area contributed by atoms with Crippen molar-refractivity contribution in [3.8, 4) is 0 Å². The number of carbonyl (C=O) groups is 2. The normalized spacial score (nSPS) is 34.7. The summed E-state index contributed by atoms with van der Waals surface area (Å²) < 4.78 is 4.91. The van der Waals surface area contributed by atoms with Gasteiger partial charge in [0.25, 0.3) is 5.79 Å². The first-order chi connectivity index (χ1) is 10.2. The van der Waals surface area contributed by atoms with Gasteiger partial charge < -0.3 is 40.7 Å². The number of aliphatic carboxylic acids is 1. The third-order valence-electron chi connectivity index (χ3n) is 3.49. The van der Waals surface area contributed by atoms with Crippen LogP contribution in [0.2, 0.25) is 0 Å². The zero-order valence-electron chi connectivity index (χ0n) is 11.9. The van der Waals surface area contributed by atoms with Crippen LogP contribution in [-0.4, -0.2) is 85.4 Å². The average Bonchev–Trinajstić information content (AvgIpc) is 2.47. The summed E-state index contributed by atoms with van der Waals surface area (Å²) in [6.07, 6.45) is -7.42. The van der Waals surface area contributed by atoms with E-state index in [0.717, 1.165) is 0 Å². The van der Waals surface area contributed by atoms with Gasteiger partial charge in [-0.25, -0.2) is 4.79 Å². The highest BCUT2D eigenvalue weighted by molar-refractivity contribution is 5.77. The Balaban J connectivity index is 3.07. The minimum absolute atomic E-state index is 0.0534. The molecule has 0 radical (unpaired) electrons. The topological polar surface area (TPSA) is 177 Å². The molecular weight excluding hydrogens is 302 g/mol. The van der Waals surface area contributed by atoms with Gasteiger partial charge in [0.1, 0.15) is 18.3 Å². The highest BCUT2D eigenvalue weighted by Crippen LogP contribution is 2.30. The summed E-state index contributed by atoms with van der Waals surface area (Å²) in [7, 11) is 0. The van der Waals surface area contributed by atoms with Gasteiger partial charge in [-0.3, -0.25) is 4.79 Å². The number of ether oxygens (including phenoxy) is 1. The smallest absolute Gasteiger partial charge is 0.364 e. The summed E-state index contributed by atoms with van der Waals surface area (Å²) >= 11 is 0. The molecule has 22 heavy (non-hydrogen) atoms. The summed E-state index contributed by atoms with van der Waals surface area (Å²) in [4.78, 5) is 22.5. The molecule has 1 aliphatic heterocycles. The zero-order chi connectivity index (χ0) is 17.1. The number of amides is 1. The Hall–Kier alpha value is -1.30. The van der Waals surface area contributed by atoms with E-state index in [1.54, 1.807) is 0 Å². The van der Waals surface area contributed by atoms with Crippen LogP contribution in [0.25, 0.3) is 0 Å². The number of nitrogens with one attached hydrogen (secondary N) is 1. The van der Waals surface area contributed by atoms with Crippen molar-refractivity contribution in [1.82, 2.24) is 5.32 Å². The number of carbonyl (C=O) groups excluding carboxylic acids is 1. The Morgan fingerprint density at radius 2 is 2.00 bits per heavy atom. The summed E-state index contributed by atoms with van der Waals surface area (Å²) in [5.74, 6) is -5.08. The summed E-state index contributed by atoms with van der Waals surface area (Å²) in [5.41, 5.74) is 0. The van der Waals surface area contributed by atoms with E-state index in [4.69, 9.17) is 14.9 Å². The van der Waals surface area contributed by atoms with E-state index in [9.17, 15) is 30.0 Å². The second kappa shape index (κ2) is 7.31. The van der Waals surface area contributed by atoms with Crippen LogP contribution in [0.4, 0.5) is 0 Å². The largest absolute Gasteiger partial charge is 0.477 e. The van der Waals surface area contributed by atoms with Gasteiger partial charge in [-0.2, -0.15) is 0 Å². The van der Waals surface area contributed by atoms with Crippen molar-refractivity contribution in [3.05, 3.63) is 0 Å². The minimum atomic E-state index is -2.78. The van der Waals surface area contributed by atoms with E-state index in [1.807, 2.05) is 0 Å². The molecule has 1 unspecified atom stereocenters. The van der Waals surface area contributed by atoms with Crippen molar-refractivity contribution in [3.63, 3.8) is 0 Å². The van der Waals surface area contributed by atoms with Gasteiger partial charge in [-0.1, -0.05) is 6.92 Å². The van der Waals surface area contributed by atoms with Gasteiger partial charge >= 0.3 is 5.97 Å². The summed E-state index contributed by atoms with van der Waals surface area (Å²) in [6, 6.07) is -1.26. The summed E-state index contributed by atoms with van der Waals surface area (Å²) in [6.45, 7) is 0.671. The molecule has 1 fully saturated rings. The number of hydrogen-bond acceptors (Lipinski definition) is 8. The Bertz CT molecular complexity index is 417. The molecular formula is C12H21NO9. The molecule has 0 aromatic heterocycles. The predicted molar refractivity (Wildman–Crippen MR) is 69.4 cm³/mol. The monoisotopic (exact) mass is 323 g/mol. The van der Waals surface area contributed by atoms with E-state index < -0.39 is 61.1 Å². The van der Waals surface area contributed by atoms with Crippen LogP contribution >= 0.6 is 0 Å². The van der Waals surface area contributed by atoms with Gasteiger partial charge in [0.05, 0.1) is 18.8 Å². The quantitative estimate of drug-likeness (QED) is 0.261. The Kier molecular flexibility index (Phi) is 6.23. The lowest BCUT2D eigenvalue weighted by molar-refractivity contribution is -0.295. The predicted octanol–water partition coefficient (Wildman–Crippen LogP) is -3.48. The van der Waals surface area contributed by atoms with Crippen LogP contribution < -0.4 is 5.32 Å². The molecule has 1 heterocycles. The highest BCUT2D eigenvalue weighted by atomic mass is 16.7. The van der Waals surface area contributed by atoms with Gasteiger partial charge in [0.2, 0.25) is 5.91 Å². The van der Waals surface area contributed by atoms with Gasteiger partial charge in [-0.15, -0.1) is 0 Å². The fraction of sp³-hybridized carbons (Fsp3) is 0.833. The molecule has 128 valence electrons. The SMILES string of the molecule is CCC(=O)N[C@H]1[C@H]([C@H](O)[C@H](O)CO)OC(O)(C(=O)O)C[C@@H]1O. The Morgan fingerprint density at radius 1 is 1.41 bits per heavy atom. The molecule has 7 N–H and O–H groups in total. The molecule has 0 saturated carbocycles. The van der Waals surface area contributed by atoms with Crippen molar-refractivity contribution in [1.29, 1.82) is 0 Å². The van der Waals surface area contributed by atoms with Crippen LogP contribution in [0.1, 0.15) is 19.8 Å². The number of carboxylic acid groups (broad SMARTS) is 1. The first-order valence-electron chi connectivity index (χ1n) is 6.74. The third kappa shape index (κ3) is 3.91. The minimum Gasteiger partial charge on any atom is -0.477 e. The Labute approximate surface area is 125 Å². The van der Waals surface area contributed by atoms with Crippen LogP contribution in [-0.2, 0) is 14.3 Å². The molecule has 1 amide bonds. The molecule has 0 aliphatic carbocycles. The van der Waals surface area contributed by atoms with Gasteiger partial charge in [-0.05, 0) is 0 Å². The van der Waals surface area contributed by atoms with Crippen LogP contribution in [0.3, 0.4) is 0 Å². The molecule has 10 nitrogen and oxygen atoms in total. The maximum absolute atomic E-state index is 11.5. The fourth-order valence-electron chi connectivity index (χ4n) is 2.19. The number of hydrogen-bond donors (Lipinski definition) is 7. The average molecular weight is 323 g/mol. The lowest BCUT2D eigenvalue weighted by Gasteiger charge is -2.44. The molecule has 0 aromatic carbocycles. The van der Waals surface area contributed by atoms with Crippen molar-refractivity contribution in [2.24, 2.45) is 0 Å². The highest BCUT2D eigenvalue weighted by Gasteiger charge is 2.53. The number of rotatable bonds is 6. The molecule has 1 aliphatic rings. The van der Waals surface area contributed by atoms with E-state index in [0.29, 0.717) is 0 Å². The third-order valence-corrected chi connectivity index (χ3v) is 3.49. The molecule has 0 bridgehead atoms. The van der Waals surface area contributed by atoms with E-state index in [-0.39, 0.29) is 6.42 Å². The standard InChI is InChI=1S/C12H21NO9/c1-2-7(17)13-8-5(15)3-12(21,11(19)20)22-10(8)9(18)6(16)4-14/h5-6,8-10,14-16,18,21H,2-4H2,1H3,(H,13,17)(H,19,20)/t5-,6+,8+,9+,10+,12?/m0/s1. The first kappa shape index (κ1) is 18.7. The molecule has 1 saturated heterocycles. The molecule has 0 aromatic rings. The zero-order valence-corrected chi connectivity index (χ0v) is 11.9. The van der Waals surface area contributed by atoms with Gasteiger partial charge in [0.15, 0.2) is 0 Å². The van der Waals surface area contributed by atoms with Crippen molar-refractivity contribution >= 4 is 11.9 Å². The molecule has 1 rings (SSSR count). The molecule has 6 atom stereocenters. The van der Waals surface area contributed by atoms with Crippen molar-refractivity contribution in [2.45, 2.75) is 56.0 Å². The van der Waals surface area contributed by atoms with Crippen molar-refractivity contribution < 1.29 is 45.0 Å². The van der Waals surface area contributed by atoms with E-state index in [1.165, 1.54) is 6.92 Å². The number of aliphatic hydroxyl groups is 5. The first-order valence-corrected chi connectivity index (χ1v) is 6.74. The van der Waals surface area contributed by atoms with Gasteiger partial charge in [0, 0.05) is 12.8 Å². The van der Waals surface area contributed by atoms with E-state index in [2.05, 4.69) is 5.32 Å². The maximum atomic E-state index is 11.5. The Morgan fingerprint density at radius 3 is 2.45 bits per heavy atom. The second-order valence-corrected chi connectivity index (χ2v) is 5.13. The fourth-order valence-corrected chi connectivity index (χ4v) is 2.19. The van der Waals surface area contributed by atoms with E-state index >= 15 is 0 Å². The van der Waals surface area contributed by atoms with Crippen LogP contribution in [0.15, 0.2) is 0 Å². The summed E-state index contributed by atoms with van der Waals surface area (Å²) in [5, 5.41) is 59.4. The molecule has 10 heteroatoms.